The summed E-state index contributed by atoms with van der Waals surface area (Å²) in [5.74, 6) is 1.06. The van der Waals surface area contributed by atoms with Crippen molar-refractivity contribution in [2.45, 2.75) is 32.4 Å². The van der Waals surface area contributed by atoms with Gasteiger partial charge in [0.05, 0.1) is 12.6 Å². The minimum Gasteiger partial charge on any atom is -0.383 e. The number of aryl methyl sites for hydroxylation is 1. The van der Waals surface area contributed by atoms with E-state index in [1.807, 2.05) is 24.0 Å². The predicted octanol–water partition coefficient (Wildman–Crippen LogP) is 1.50. The van der Waals surface area contributed by atoms with Gasteiger partial charge in [0.1, 0.15) is 5.82 Å². The van der Waals surface area contributed by atoms with Crippen molar-refractivity contribution in [2.24, 2.45) is 7.05 Å². The van der Waals surface area contributed by atoms with Crippen LogP contribution in [-0.4, -0.2) is 29.3 Å². The molecule has 2 atom stereocenters. The molecular weight excluding hydrogens is 190 g/mol. The smallest absolute Gasteiger partial charge is 0.125 e. The van der Waals surface area contributed by atoms with E-state index in [4.69, 9.17) is 4.74 Å². The topological polar surface area (TPSA) is 39.1 Å². The van der Waals surface area contributed by atoms with Crippen molar-refractivity contribution < 1.29 is 4.74 Å². The van der Waals surface area contributed by atoms with Gasteiger partial charge in [-0.15, -0.1) is 0 Å². The fourth-order valence-electron chi connectivity index (χ4n) is 1.71. The maximum absolute atomic E-state index is 5.15. The quantitative estimate of drug-likeness (QED) is 0.775. The predicted molar refractivity (Wildman–Crippen MR) is 60.7 cm³/mol. The van der Waals surface area contributed by atoms with Crippen LogP contribution in [0.15, 0.2) is 12.4 Å². The summed E-state index contributed by atoms with van der Waals surface area (Å²) in [6, 6.07) is 0.645. The van der Waals surface area contributed by atoms with E-state index in [0.29, 0.717) is 6.04 Å². The maximum Gasteiger partial charge on any atom is 0.125 e. The molecule has 1 heterocycles. The molecule has 0 amide bonds. The van der Waals surface area contributed by atoms with E-state index in [-0.39, 0.29) is 6.04 Å². The summed E-state index contributed by atoms with van der Waals surface area (Å²) in [7, 11) is 3.74. The summed E-state index contributed by atoms with van der Waals surface area (Å²) in [4.78, 5) is 4.32. The summed E-state index contributed by atoms with van der Waals surface area (Å²) in [6.07, 6.45) is 4.85. The van der Waals surface area contributed by atoms with Crippen molar-refractivity contribution in [1.82, 2.24) is 14.9 Å². The van der Waals surface area contributed by atoms with Gasteiger partial charge in [-0.2, -0.15) is 0 Å². The third-order valence-electron chi connectivity index (χ3n) is 2.59. The lowest BCUT2D eigenvalue weighted by Crippen LogP contribution is -2.35. The standard InChI is InChI=1S/C11H21N3O/c1-5-10(8-15-4)13-9(2)11-12-6-7-14(11)3/h6-7,9-10,13H,5,8H2,1-4H3. The van der Waals surface area contributed by atoms with Crippen molar-refractivity contribution >= 4 is 0 Å². The molecule has 0 bridgehead atoms. The van der Waals surface area contributed by atoms with E-state index in [2.05, 4.69) is 24.1 Å². The number of hydrogen-bond donors (Lipinski definition) is 1. The highest BCUT2D eigenvalue weighted by atomic mass is 16.5. The first kappa shape index (κ1) is 12.2. The van der Waals surface area contributed by atoms with Gasteiger partial charge in [0, 0.05) is 32.6 Å². The number of rotatable bonds is 6. The Morgan fingerprint density at radius 2 is 2.33 bits per heavy atom. The first-order valence-corrected chi connectivity index (χ1v) is 5.41. The third-order valence-corrected chi connectivity index (χ3v) is 2.59. The minimum atomic E-state index is 0.255. The number of nitrogens with one attached hydrogen (secondary N) is 1. The van der Waals surface area contributed by atoms with Crippen LogP contribution >= 0.6 is 0 Å². The average Bonchev–Trinajstić information content (AvgIpc) is 2.63. The first-order chi connectivity index (χ1) is 7.19. The van der Waals surface area contributed by atoms with Gasteiger partial charge in [-0.1, -0.05) is 6.92 Å². The highest BCUT2D eigenvalue weighted by molar-refractivity contribution is 4.97. The lowest BCUT2D eigenvalue weighted by molar-refractivity contribution is 0.158. The van der Waals surface area contributed by atoms with Crippen molar-refractivity contribution in [2.75, 3.05) is 13.7 Å². The van der Waals surface area contributed by atoms with E-state index in [1.165, 1.54) is 0 Å². The Balaban J connectivity index is 2.54. The number of nitrogens with zero attached hydrogens (tertiary/aromatic N) is 2. The highest BCUT2D eigenvalue weighted by Gasteiger charge is 2.14. The van der Waals surface area contributed by atoms with Crippen LogP contribution < -0.4 is 5.32 Å². The second kappa shape index (κ2) is 5.88. The molecule has 1 rings (SSSR count). The van der Waals surface area contributed by atoms with Gasteiger partial charge in [0.15, 0.2) is 0 Å². The van der Waals surface area contributed by atoms with Crippen LogP contribution in [0.5, 0.6) is 0 Å². The van der Waals surface area contributed by atoms with E-state index in [0.717, 1.165) is 18.9 Å². The summed E-state index contributed by atoms with van der Waals surface area (Å²) in [5.41, 5.74) is 0. The second-order valence-electron chi connectivity index (χ2n) is 3.85. The van der Waals surface area contributed by atoms with E-state index < -0.39 is 0 Å². The number of ether oxygens (including phenoxy) is 1. The molecule has 4 heteroatoms. The SMILES string of the molecule is CCC(COC)NC(C)c1nccn1C. The van der Waals surface area contributed by atoms with Crippen LogP contribution in [0.3, 0.4) is 0 Å². The summed E-state index contributed by atoms with van der Waals surface area (Å²) in [5, 5.41) is 3.50. The van der Waals surface area contributed by atoms with Gasteiger partial charge >= 0.3 is 0 Å². The van der Waals surface area contributed by atoms with Gasteiger partial charge in [-0.25, -0.2) is 4.98 Å². The largest absolute Gasteiger partial charge is 0.383 e. The lowest BCUT2D eigenvalue weighted by Gasteiger charge is -2.21. The van der Waals surface area contributed by atoms with Crippen LogP contribution in [0, 0.1) is 0 Å². The molecule has 0 aromatic carbocycles. The van der Waals surface area contributed by atoms with Gasteiger partial charge in [0.25, 0.3) is 0 Å². The fraction of sp³-hybridized carbons (Fsp3) is 0.727. The van der Waals surface area contributed by atoms with Crippen molar-refractivity contribution in [1.29, 1.82) is 0 Å². The molecule has 0 aliphatic carbocycles. The van der Waals surface area contributed by atoms with Crippen LogP contribution in [0.2, 0.25) is 0 Å². The molecule has 0 spiro atoms. The van der Waals surface area contributed by atoms with E-state index in [1.54, 1.807) is 7.11 Å². The Bertz CT molecular complexity index is 285. The van der Waals surface area contributed by atoms with Crippen LogP contribution in [0.25, 0.3) is 0 Å². The summed E-state index contributed by atoms with van der Waals surface area (Å²) < 4.78 is 7.19. The fourth-order valence-corrected chi connectivity index (χ4v) is 1.71. The Kier molecular flexibility index (Phi) is 4.78. The number of hydrogen-bond acceptors (Lipinski definition) is 3. The molecule has 0 saturated heterocycles. The normalized spacial score (nSPS) is 15.2. The maximum atomic E-state index is 5.15. The lowest BCUT2D eigenvalue weighted by atomic mass is 10.2. The summed E-state index contributed by atoms with van der Waals surface area (Å²) >= 11 is 0. The molecule has 0 radical (unpaired) electrons. The number of aromatic nitrogens is 2. The van der Waals surface area contributed by atoms with E-state index in [9.17, 15) is 0 Å². The van der Waals surface area contributed by atoms with Crippen molar-refractivity contribution in [3.63, 3.8) is 0 Å². The van der Waals surface area contributed by atoms with Crippen LogP contribution in [-0.2, 0) is 11.8 Å². The third kappa shape index (κ3) is 3.32. The molecule has 2 unspecified atom stereocenters. The molecule has 0 saturated carbocycles. The summed E-state index contributed by atoms with van der Waals surface area (Å²) in [6.45, 7) is 5.02. The minimum absolute atomic E-state index is 0.255. The molecule has 0 aliphatic rings. The van der Waals surface area contributed by atoms with Gasteiger partial charge in [-0.05, 0) is 13.3 Å². The molecule has 1 aromatic heterocycles. The van der Waals surface area contributed by atoms with Crippen molar-refractivity contribution in [3.8, 4) is 0 Å². The van der Waals surface area contributed by atoms with Crippen molar-refractivity contribution in [3.05, 3.63) is 18.2 Å². The van der Waals surface area contributed by atoms with Gasteiger partial charge in [-0.3, -0.25) is 0 Å². The Labute approximate surface area is 91.7 Å². The molecule has 4 nitrogen and oxygen atoms in total. The van der Waals surface area contributed by atoms with Crippen LogP contribution in [0.4, 0.5) is 0 Å². The second-order valence-corrected chi connectivity index (χ2v) is 3.85. The number of methoxy groups -OCH3 is 1. The Morgan fingerprint density at radius 1 is 1.60 bits per heavy atom. The molecule has 1 N–H and O–H groups in total. The monoisotopic (exact) mass is 211 g/mol. The van der Waals surface area contributed by atoms with Gasteiger partial charge < -0.3 is 14.6 Å². The molecule has 1 aromatic rings. The molecular formula is C11H21N3O. The average molecular weight is 211 g/mol. The molecule has 86 valence electrons. The van der Waals surface area contributed by atoms with E-state index >= 15 is 0 Å². The molecule has 0 fully saturated rings. The van der Waals surface area contributed by atoms with Gasteiger partial charge in [0.2, 0.25) is 0 Å². The zero-order valence-corrected chi connectivity index (χ0v) is 10.0. The zero-order chi connectivity index (χ0) is 11.3. The number of imidazole rings is 1. The molecule has 0 aliphatic heterocycles. The van der Waals surface area contributed by atoms with Crippen LogP contribution in [0.1, 0.15) is 32.1 Å². The Hall–Kier alpha value is -0.870. The zero-order valence-electron chi connectivity index (χ0n) is 10.0. The first-order valence-electron chi connectivity index (χ1n) is 5.41. The Morgan fingerprint density at radius 3 is 2.80 bits per heavy atom. The highest BCUT2D eigenvalue weighted by Crippen LogP contribution is 2.10. The molecule has 15 heavy (non-hydrogen) atoms.